The topological polar surface area (TPSA) is 41.1 Å². The number of rotatable bonds is 3. The van der Waals surface area contributed by atoms with E-state index in [9.17, 15) is 0 Å². The van der Waals surface area contributed by atoms with Crippen molar-refractivity contribution in [3.63, 3.8) is 0 Å². The maximum absolute atomic E-state index is 4.68. The van der Waals surface area contributed by atoms with E-state index < -0.39 is 0 Å². The molecule has 0 aromatic carbocycles. The fourth-order valence-electron chi connectivity index (χ4n) is 3.35. The summed E-state index contributed by atoms with van der Waals surface area (Å²) in [6.45, 7) is 4.49. The van der Waals surface area contributed by atoms with Gasteiger partial charge in [-0.05, 0) is 24.7 Å². The molecule has 1 saturated heterocycles. The Balaban J connectivity index is 1.83. The minimum absolute atomic E-state index is 0.892. The quantitative estimate of drug-likeness (QED) is 0.888. The molecule has 2 atom stereocenters. The number of fused-ring (bicyclic) bond motifs is 1. The van der Waals surface area contributed by atoms with Crippen LogP contribution in [0.25, 0.3) is 0 Å². The zero-order valence-electron chi connectivity index (χ0n) is 11.3. The van der Waals surface area contributed by atoms with Gasteiger partial charge in [0.05, 0.1) is 0 Å². The predicted molar refractivity (Wildman–Crippen MR) is 74.0 cm³/mol. The third-order valence-corrected chi connectivity index (χ3v) is 4.38. The second-order valence-corrected chi connectivity index (χ2v) is 5.49. The lowest BCUT2D eigenvalue weighted by molar-refractivity contribution is 0.494. The Morgan fingerprint density at radius 3 is 2.61 bits per heavy atom. The molecule has 0 amide bonds. The summed E-state index contributed by atoms with van der Waals surface area (Å²) < 4.78 is 0. The highest BCUT2D eigenvalue weighted by atomic mass is 15.2. The van der Waals surface area contributed by atoms with E-state index in [1.54, 1.807) is 0 Å². The number of nitrogens with one attached hydrogen (secondary N) is 1. The molecule has 0 spiro atoms. The highest BCUT2D eigenvalue weighted by Crippen LogP contribution is 2.39. The van der Waals surface area contributed by atoms with Gasteiger partial charge in [-0.1, -0.05) is 13.3 Å². The summed E-state index contributed by atoms with van der Waals surface area (Å²) in [7, 11) is 1.92. The highest BCUT2D eigenvalue weighted by Gasteiger charge is 2.36. The lowest BCUT2D eigenvalue weighted by Gasteiger charge is -2.19. The molecule has 1 aliphatic carbocycles. The number of hydrogen-bond acceptors (Lipinski definition) is 4. The molecule has 1 aromatic heterocycles. The summed E-state index contributed by atoms with van der Waals surface area (Å²) >= 11 is 0. The Morgan fingerprint density at radius 1 is 1.28 bits per heavy atom. The van der Waals surface area contributed by atoms with Crippen molar-refractivity contribution in [3.05, 3.63) is 11.9 Å². The van der Waals surface area contributed by atoms with Crippen LogP contribution in [-0.4, -0.2) is 30.1 Å². The van der Waals surface area contributed by atoms with Crippen molar-refractivity contribution >= 4 is 11.6 Å². The first-order valence-electron chi connectivity index (χ1n) is 7.10. The van der Waals surface area contributed by atoms with E-state index in [4.69, 9.17) is 0 Å². The summed E-state index contributed by atoms with van der Waals surface area (Å²) in [5.74, 6) is 4.80. The van der Waals surface area contributed by atoms with Crippen LogP contribution in [0.5, 0.6) is 0 Å². The minimum Gasteiger partial charge on any atom is -0.373 e. The molecule has 2 fully saturated rings. The number of nitrogens with zero attached hydrogens (tertiary/aromatic N) is 3. The minimum atomic E-state index is 0.892. The molecule has 4 heteroatoms. The fourth-order valence-corrected chi connectivity index (χ4v) is 3.35. The van der Waals surface area contributed by atoms with Gasteiger partial charge in [0.25, 0.3) is 0 Å². The van der Waals surface area contributed by atoms with Crippen LogP contribution in [0.1, 0.15) is 32.0 Å². The van der Waals surface area contributed by atoms with Crippen LogP contribution in [-0.2, 0) is 6.42 Å². The van der Waals surface area contributed by atoms with E-state index in [1.165, 1.54) is 32.4 Å². The van der Waals surface area contributed by atoms with Gasteiger partial charge in [0.2, 0.25) is 0 Å². The van der Waals surface area contributed by atoms with E-state index in [0.29, 0.717) is 0 Å². The SMILES string of the molecule is CCc1nc(NC)cc(N2CC3CCCC3C2)n1. The molecular formula is C14H22N4. The number of anilines is 2. The predicted octanol–water partition coefficient (Wildman–Crippen LogP) is 2.32. The van der Waals surface area contributed by atoms with Gasteiger partial charge < -0.3 is 10.2 Å². The standard InChI is InChI=1S/C14H22N4/c1-3-12-16-13(15-2)7-14(17-12)18-8-10-5-4-6-11(10)9-18/h7,10-11H,3-6,8-9H2,1-2H3,(H,15,16,17). The van der Waals surface area contributed by atoms with Gasteiger partial charge in [-0.3, -0.25) is 0 Å². The maximum Gasteiger partial charge on any atom is 0.134 e. The van der Waals surface area contributed by atoms with Crippen LogP contribution in [0.3, 0.4) is 0 Å². The molecule has 1 saturated carbocycles. The Kier molecular flexibility index (Phi) is 3.10. The normalized spacial score (nSPS) is 26.4. The van der Waals surface area contributed by atoms with Crippen molar-refractivity contribution in [1.82, 2.24) is 9.97 Å². The average Bonchev–Trinajstić information content (AvgIpc) is 2.98. The molecule has 3 rings (SSSR count). The second-order valence-electron chi connectivity index (χ2n) is 5.49. The van der Waals surface area contributed by atoms with Crippen LogP contribution in [0.2, 0.25) is 0 Å². The molecule has 0 radical (unpaired) electrons. The first kappa shape index (κ1) is 11.8. The Morgan fingerprint density at radius 2 is 2.00 bits per heavy atom. The van der Waals surface area contributed by atoms with Gasteiger partial charge >= 0.3 is 0 Å². The summed E-state index contributed by atoms with van der Waals surface area (Å²) in [5, 5.41) is 3.14. The molecule has 2 aliphatic rings. The fraction of sp³-hybridized carbons (Fsp3) is 0.714. The lowest BCUT2D eigenvalue weighted by Crippen LogP contribution is -2.22. The molecule has 4 nitrogen and oxygen atoms in total. The molecule has 1 aromatic rings. The van der Waals surface area contributed by atoms with Gasteiger partial charge in [-0.2, -0.15) is 0 Å². The zero-order valence-corrected chi connectivity index (χ0v) is 11.3. The van der Waals surface area contributed by atoms with E-state index in [-0.39, 0.29) is 0 Å². The van der Waals surface area contributed by atoms with E-state index in [2.05, 4.69) is 33.2 Å². The Hall–Kier alpha value is -1.32. The number of aromatic nitrogens is 2. The van der Waals surface area contributed by atoms with Gasteiger partial charge in [0.15, 0.2) is 0 Å². The third kappa shape index (κ3) is 2.04. The van der Waals surface area contributed by atoms with Gasteiger partial charge in [0, 0.05) is 32.6 Å². The molecular weight excluding hydrogens is 224 g/mol. The van der Waals surface area contributed by atoms with Crippen LogP contribution < -0.4 is 10.2 Å². The largest absolute Gasteiger partial charge is 0.373 e. The Labute approximate surface area is 109 Å². The lowest BCUT2D eigenvalue weighted by atomic mass is 10.0. The van der Waals surface area contributed by atoms with Crippen molar-refractivity contribution in [2.45, 2.75) is 32.6 Å². The van der Waals surface area contributed by atoms with Crippen LogP contribution in [0.4, 0.5) is 11.6 Å². The molecule has 2 heterocycles. The van der Waals surface area contributed by atoms with E-state index in [1.807, 2.05) is 7.05 Å². The monoisotopic (exact) mass is 246 g/mol. The Bertz CT molecular complexity index is 398. The first-order valence-corrected chi connectivity index (χ1v) is 7.10. The molecule has 98 valence electrons. The summed E-state index contributed by atoms with van der Waals surface area (Å²) in [4.78, 5) is 11.6. The van der Waals surface area contributed by atoms with Crippen LogP contribution >= 0.6 is 0 Å². The van der Waals surface area contributed by atoms with Crippen molar-refractivity contribution in [2.24, 2.45) is 11.8 Å². The van der Waals surface area contributed by atoms with Crippen molar-refractivity contribution in [2.75, 3.05) is 30.4 Å². The molecule has 2 unspecified atom stereocenters. The molecule has 18 heavy (non-hydrogen) atoms. The molecule has 0 bridgehead atoms. The molecule has 1 aliphatic heterocycles. The van der Waals surface area contributed by atoms with Crippen LogP contribution in [0.15, 0.2) is 6.07 Å². The summed E-state index contributed by atoms with van der Waals surface area (Å²) in [5.41, 5.74) is 0. The third-order valence-electron chi connectivity index (χ3n) is 4.38. The highest BCUT2D eigenvalue weighted by molar-refractivity contribution is 5.50. The van der Waals surface area contributed by atoms with Crippen molar-refractivity contribution in [3.8, 4) is 0 Å². The van der Waals surface area contributed by atoms with E-state index >= 15 is 0 Å². The van der Waals surface area contributed by atoms with Crippen molar-refractivity contribution in [1.29, 1.82) is 0 Å². The second kappa shape index (κ2) is 4.75. The van der Waals surface area contributed by atoms with Gasteiger partial charge in [-0.15, -0.1) is 0 Å². The molecule has 1 N–H and O–H groups in total. The zero-order chi connectivity index (χ0) is 12.5. The summed E-state index contributed by atoms with van der Waals surface area (Å²) in [6, 6.07) is 2.08. The van der Waals surface area contributed by atoms with Crippen molar-refractivity contribution < 1.29 is 0 Å². The number of aryl methyl sites for hydroxylation is 1. The smallest absolute Gasteiger partial charge is 0.134 e. The van der Waals surface area contributed by atoms with E-state index in [0.717, 1.165) is 35.7 Å². The first-order chi connectivity index (χ1) is 8.80. The van der Waals surface area contributed by atoms with Gasteiger partial charge in [0.1, 0.15) is 17.5 Å². The average molecular weight is 246 g/mol. The number of hydrogen-bond donors (Lipinski definition) is 1. The maximum atomic E-state index is 4.68. The van der Waals surface area contributed by atoms with Gasteiger partial charge in [-0.25, -0.2) is 9.97 Å². The summed E-state index contributed by atoms with van der Waals surface area (Å²) in [6.07, 6.45) is 5.13. The van der Waals surface area contributed by atoms with Crippen LogP contribution in [0, 0.1) is 11.8 Å².